The van der Waals surface area contributed by atoms with Crippen molar-refractivity contribution in [2.45, 2.75) is 12.5 Å². The largest absolute Gasteiger partial charge is 0.454 e. The maximum Gasteiger partial charge on any atom is 0.339 e. The first kappa shape index (κ1) is 11.3. The third kappa shape index (κ3) is 2.00. The maximum absolute atomic E-state index is 11.7. The van der Waals surface area contributed by atoms with Crippen LogP contribution in [-0.4, -0.2) is 5.97 Å². The van der Waals surface area contributed by atoms with E-state index in [4.69, 9.17) is 16.3 Å². The predicted octanol–water partition coefficient (Wildman–Crippen LogP) is 3.79. The molecule has 0 aromatic heterocycles. The molecule has 0 saturated heterocycles. The number of fused-ring (bicyclic) bond motifs is 1. The van der Waals surface area contributed by atoms with Crippen LogP contribution in [0.1, 0.15) is 27.6 Å². The molecular formula is C15H11ClO2. The number of benzene rings is 2. The van der Waals surface area contributed by atoms with Gasteiger partial charge in [-0.1, -0.05) is 41.9 Å². The van der Waals surface area contributed by atoms with Crippen molar-refractivity contribution < 1.29 is 9.53 Å². The number of halogens is 1. The first-order valence-corrected chi connectivity index (χ1v) is 6.16. The number of carbonyl (C=O) groups excluding carboxylic acids is 1. The Balaban J connectivity index is 1.90. The molecule has 1 aliphatic heterocycles. The molecule has 1 atom stereocenters. The third-order valence-electron chi connectivity index (χ3n) is 3.09. The number of hydrogen-bond donors (Lipinski definition) is 0. The van der Waals surface area contributed by atoms with Crippen LogP contribution < -0.4 is 0 Å². The van der Waals surface area contributed by atoms with Crippen molar-refractivity contribution in [1.82, 2.24) is 0 Å². The smallest absolute Gasteiger partial charge is 0.339 e. The van der Waals surface area contributed by atoms with E-state index in [0.717, 1.165) is 11.1 Å². The Morgan fingerprint density at radius 3 is 2.78 bits per heavy atom. The minimum atomic E-state index is -0.238. The Bertz CT molecular complexity index is 607. The lowest BCUT2D eigenvalue weighted by atomic mass is 9.99. The van der Waals surface area contributed by atoms with Crippen molar-refractivity contribution in [2.24, 2.45) is 0 Å². The molecule has 0 aliphatic carbocycles. The summed E-state index contributed by atoms with van der Waals surface area (Å²) in [5.41, 5.74) is 2.70. The molecule has 3 rings (SSSR count). The summed E-state index contributed by atoms with van der Waals surface area (Å²) in [6.07, 6.45) is 0.454. The van der Waals surface area contributed by atoms with Gasteiger partial charge in [-0.25, -0.2) is 4.79 Å². The molecule has 3 heteroatoms. The van der Waals surface area contributed by atoms with Crippen LogP contribution in [-0.2, 0) is 11.2 Å². The third-order valence-corrected chi connectivity index (χ3v) is 3.32. The lowest BCUT2D eigenvalue weighted by Gasteiger charge is -2.10. The average molecular weight is 259 g/mol. The molecular weight excluding hydrogens is 248 g/mol. The molecule has 2 aromatic carbocycles. The topological polar surface area (TPSA) is 26.3 Å². The summed E-state index contributed by atoms with van der Waals surface area (Å²) in [5, 5.41) is 0.699. The number of rotatable bonds is 2. The molecule has 0 N–H and O–H groups in total. The van der Waals surface area contributed by atoms with E-state index in [0.29, 0.717) is 17.0 Å². The number of cyclic esters (lactones) is 1. The van der Waals surface area contributed by atoms with Crippen LogP contribution in [0.2, 0.25) is 5.02 Å². The number of esters is 1. The van der Waals surface area contributed by atoms with Gasteiger partial charge in [-0.2, -0.15) is 0 Å². The van der Waals surface area contributed by atoms with Crippen molar-refractivity contribution in [1.29, 1.82) is 0 Å². The van der Waals surface area contributed by atoms with Crippen LogP contribution in [0.15, 0.2) is 48.5 Å². The predicted molar refractivity (Wildman–Crippen MR) is 69.8 cm³/mol. The summed E-state index contributed by atoms with van der Waals surface area (Å²) in [6, 6.07) is 15.1. The fraction of sp³-hybridized carbons (Fsp3) is 0.133. The fourth-order valence-electron chi connectivity index (χ4n) is 2.25. The molecule has 1 unspecified atom stereocenters. The van der Waals surface area contributed by atoms with Gasteiger partial charge < -0.3 is 4.74 Å². The normalized spacial score (nSPS) is 17.4. The molecule has 2 nitrogen and oxygen atoms in total. The first-order chi connectivity index (χ1) is 8.74. The zero-order valence-corrected chi connectivity index (χ0v) is 10.4. The Morgan fingerprint density at radius 1 is 1.11 bits per heavy atom. The van der Waals surface area contributed by atoms with E-state index in [2.05, 4.69) is 0 Å². The van der Waals surface area contributed by atoms with Gasteiger partial charge in [-0.05, 0) is 23.8 Å². The van der Waals surface area contributed by atoms with E-state index in [9.17, 15) is 4.79 Å². The van der Waals surface area contributed by atoms with Gasteiger partial charge in [0.15, 0.2) is 0 Å². The van der Waals surface area contributed by atoms with Crippen molar-refractivity contribution in [2.75, 3.05) is 0 Å². The van der Waals surface area contributed by atoms with Crippen LogP contribution in [0.3, 0.4) is 0 Å². The zero-order valence-electron chi connectivity index (χ0n) is 9.60. The number of hydrogen-bond acceptors (Lipinski definition) is 2. The standard InChI is InChI=1S/C15H11ClO2/c16-11-5-3-4-10(8-11)9-14-12-6-1-2-7-13(12)15(17)18-14/h1-8,14H,9H2. The lowest BCUT2D eigenvalue weighted by Crippen LogP contribution is -2.02. The number of ether oxygens (including phenoxy) is 1. The minimum Gasteiger partial charge on any atom is -0.454 e. The average Bonchev–Trinajstić information content (AvgIpc) is 2.67. The number of carbonyl (C=O) groups is 1. The van der Waals surface area contributed by atoms with E-state index < -0.39 is 0 Å². The minimum absolute atomic E-state index is 0.202. The SMILES string of the molecule is O=C1OC(Cc2cccc(Cl)c2)c2ccccc21. The fourth-order valence-corrected chi connectivity index (χ4v) is 2.46. The van der Waals surface area contributed by atoms with Crippen molar-refractivity contribution in [3.8, 4) is 0 Å². The molecule has 2 aromatic rings. The molecule has 1 heterocycles. The molecule has 90 valence electrons. The van der Waals surface area contributed by atoms with Gasteiger partial charge in [-0.3, -0.25) is 0 Å². The van der Waals surface area contributed by atoms with Gasteiger partial charge >= 0.3 is 5.97 Å². The Kier molecular flexibility index (Phi) is 2.80. The van der Waals surface area contributed by atoms with E-state index in [1.165, 1.54) is 0 Å². The molecule has 0 amide bonds. The van der Waals surface area contributed by atoms with E-state index >= 15 is 0 Å². The molecule has 0 spiro atoms. The summed E-state index contributed by atoms with van der Waals surface area (Å²) in [6.45, 7) is 0. The van der Waals surface area contributed by atoms with Crippen LogP contribution >= 0.6 is 11.6 Å². The highest BCUT2D eigenvalue weighted by Gasteiger charge is 2.30. The molecule has 0 radical (unpaired) electrons. The van der Waals surface area contributed by atoms with Crippen LogP contribution in [0.25, 0.3) is 0 Å². The monoisotopic (exact) mass is 258 g/mol. The molecule has 1 aliphatic rings. The quantitative estimate of drug-likeness (QED) is 0.766. The van der Waals surface area contributed by atoms with Gasteiger partial charge in [0.1, 0.15) is 6.10 Å². The Labute approximate surface area is 110 Å². The van der Waals surface area contributed by atoms with Crippen LogP contribution in [0, 0.1) is 0 Å². The van der Waals surface area contributed by atoms with E-state index in [-0.39, 0.29) is 12.1 Å². The zero-order chi connectivity index (χ0) is 12.5. The van der Waals surface area contributed by atoms with Crippen molar-refractivity contribution in [3.05, 3.63) is 70.2 Å². The lowest BCUT2D eigenvalue weighted by molar-refractivity contribution is 0.0387. The second-order valence-electron chi connectivity index (χ2n) is 4.32. The first-order valence-electron chi connectivity index (χ1n) is 5.78. The highest BCUT2D eigenvalue weighted by Crippen LogP contribution is 2.33. The summed E-state index contributed by atoms with van der Waals surface area (Å²) in [5.74, 6) is -0.238. The van der Waals surface area contributed by atoms with Crippen LogP contribution in [0.4, 0.5) is 0 Å². The van der Waals surface area contributed by atoms with Gasteiger partial charge in [-0.15, -0.1) is 0 Å². The van der Waals surface area contributed by atoms with Gasteiger partial charge in [0.25, 0.3) is 0 Å². The summed E-state index contributed by atoms with van der Waals surface area (Å²) in [7, 11) is 0. The summed E-state index contributed by atoms with van der Waals surface area (Å²) >= 11 is 5.95. The highest BCUT2D eigenvalue weighted by molar-refractivity contribution is 6.30. The molecule has 0 bridgehead atoms. The second-order valence-corrected chi connectivity index (χ2v) is 4.75. The van der Waals surface area contributed by atoms with Crippen molar-refractivity contribution in [3.63, 3.8) is 0 Å². The van der Waals surface area contributed by atoms with Gasteiger partial charge in [0, 0.05) is 17.0 Å². The van der Waals surface area contributed by atoms with Gasteiger partial charge in [0.05, 0.1) is 5.56 Å². The summed E-state index contributed by atoms with van der Waals surface area (Å²) < 4.78 is 5.39. The van der Waals surface area contributed by atoms with E-state index in [1.54, 1.807) is 6.07 Å². The van der Waals surface area contributed by atoms with Crippen molar-refractivity contribution >= 4 is 17.6 Å². The Morgan fingerprint density at radius 2 is 1.94 bits per heavy atom. The van der Waals surface area contributed by atoms with Gasteiger partial charge in [0.2, 0.25) is 0 Å². The van der Waals surface area contributed by atoms with E-state index in [1.807, 2.05) is 42.5 Å². The summed E-state index contributed by atoms with van der Waals surface area (Å²) in [4.78, 5) is 11.7. The molecule has 0 saturated carbocycles. The molecule has 0 fully saturated rings. The second kappa shape index (κ2) is 4.46. The Hall–Kier alpha value is -1.80. The molecule has 18 heavy (non-hydrogen) atoms. The maximum atomic E-state index is 11.7. The van der Waals surface area contributed by atoms with Crippen LogP contribution in [0.5, 0.6) is 0 Å². The highest BCUT2D eigenvalue weighted by atomic mass is 35.5.